The molecule has 0 spiro atoms. The molecular weight excluding hydrogens is 120 g/mol. The van der Waals surface area contributed by atoms with Crippen molar-refractivity contribution < 1.29 is 0 Å². The molecule has 2 atom stereocenters. The Morgan fingerprint density at radius 2 is 2.62 bits per heavy atom. The standard InChI is InChI=1S/C5H8N2S/c1-5-2-3-8(5)7-4-6/h5H,2-3H2,1H3. The summed E-state index contributed by atoms with van der Waals surface area (Å²) in [5.74, 6) is 1.15. The summed E-state index contributed by atoms with van der Waals surface area (Å²) in [6.45, 7) is 2.15. The van der Waals surface area contributed by atoms with Gasteiger partial charge in [-0.1, -0.05) is 17.6 Å². The third kappa shape index (κ3) is 0.896. The van der Waals surface area contributed by atoms with Gasteiger partial charge in [0, 0.05) is 11.0 Å². The normalized spacial score (nSPS) is 36.0. The summed E-state index contributed by atoms with van der Waals surface area (Å²) in [4.78, 5) is 0. The first-order valence-corrected chi connectivity index (χ1v) is 4.05. The maximum Gasteiger partial charge on any atom is 0.212 e. The van der Waals surface area contributed by atoms with Crippen molar-refractivity contribution in [1.29, 1.82) is 5.26 Å². The molecule has 1 rings (SSSR count). The van der Waals surface area contributed by atoms with Gasteiger partial charge in [-0.15, -0.1) is 0 Å². The molecule has 1 aliphatic rings. The number of nitrogens with zero attached hydrogens (tertiary/aromatic N) is 2. The van der Waals surface area contributed by atoms with Crippen LogP contribution in [0.1, 0.15) is 13.3 Å². The Morgan fingerprint density at radius 3 is 2.75 bits per heavy atom. The number of hydrogen-bond donors (Lipinski definition) is 0. The summed E-state index contributed by atoms with van der Waals surface area (Å²) in [6.07, 6.45) is 3.10. The van der Waals surface area contributed by atoms with E-state index in [1.165, 1.54) is 6.42 Å². The first-order chi connectivity index (χ1) is 3.84. The first-order valence-electron chi connectivity index (χ1n) is 2.64. The molecular formula is C5H8N2S. The van der Waals surface area contributed by atoms with Crippen LogP contribution in [0.2, 0.25) is 0 Å². The molecule has 2 unspecified atom stereocenters. The second-order valence-corrected chi connectivity index (χ2v) is 4.09. The second-order valence-electron chi connectivity index (χ2n) is 1.90. The van der Waals surface area contributed by atoms with Crippen molar-refractivity contribution in [3.8, 4) is 6.19 Å². The van der Waals surface area contributed by atoms with Gasteiger partial charge in [0.15, 0.2) is 0 Å². The highest BCUT2D eigenvalue weighted by Gasteiger charge is 2.18. The van der Waals surface area contributed by atoms with Gasteiger partial charge in [0.05, 0.1) is 0 Å². The minimum Gasteiger partial charge on any atom is -0.170 e. The van der Waals surface area contributed by atoms with Crippen molar-refractivity contribution in [1.82, 2.24) is 0 Å². The van der Waals surface area contributed by atoms with Gasteiger partial charge in [-0.2, -0.15) is 9.62 Å². The fourth-order valence-corrected chi connectivity index (χ4v) is 1.94. The molecule has 8 heavy (non-hydrogen) atoms. The largest absolute Gasteiger partial charge is 0.212 e. The van der Waals surface area contributed by atoms with Crippen LogP contribution < -0.4 is 0 Å². The quantitative estimate of drug-likeness (QED) is 0.449. The van der Waals surface area contributed by atoms with E-state index in [1.807, 2.05) is 6.19 Å². The first kappa shape index (κ1) is 5.77. The SMILES string of the molecule is CC1CC/S1=N\C#N. The zero-order chi connectivity index (χ0) is 5.98. The van der Waals surface area contributed by atoms with E-state index in [0.29, 0.717) is 5.25 Å². The lowest BCUT2D eigenvalue weighted by Crippen LogP contribution is -2.26. The summed E-state index contributed by atoms with van der Waals surface area (Å²) >= 11 is 0. The zero-order valence-corrected chi connectivity index (χ0v) is 5.61. The van der Waals surface area contributed by atoms with Gasteiger partial charge in [0.2, 0.25) is 6.19 Å². The Morgan fingerprint density at radius 1 is 1.88 bits per heavy atom. The van der Waals surface area contributed by atoms with E-state index in [0.717, 1.165) is 5.75 Å². The molecule has 1 aliphatic heterocycles. The third-order valence-electron chi connectivity index (χ3n) is 1.36. The molecule has 0 amide bonds. The molecule has 0 aliphatic carbocycles. The Hall–Kier alpha value is -0.360. The molecule has 0 N–H and O–H groups in total. The van der Waals surface area contributed by atoms with Crippen LogP contribution >= 0.6 is 0 Å². The maximum atomic E-state index is 8.11. The van der Waals surface area contributed by atoms with Gasteiger partial charge in [-0.25, -0.2) is 0 Å². The topological polar surface area (TPSA) is 36.1 Å². The second kappa shape index (κ2) is 2.27. The van der Waals surface area contributed by atoms with Gasteiger partial charge >= 0.3 is 0 Å². The molecule has 2 nitrogen and oxygen atoms in total. The smallest absolute Gasteiger partial charge is 0.170 e. The van der Waals surface area contributed by atoms with Crippen molar-refractivity contribution in [2.45, 2.75) is 18.6 Å². The summed E-state index contributed by atoms with van der Waals surface area (Å²) in [5, 5.41) is 8.80. The van der Waals surface area contributed by atoms with Crippen molar-refractivity contribution in [3.05, 3.63) is 0 Å². The Bertz CT molecular complexity index is 156. The predicted molar refractivity (Wildman–Crippen MR) is 34.4 cm³/mol. The predicted octanol–water partition coefficient (Wildman–Crippen LogP) is 1.06. The average Bonchev–Trinajstić information content (AvgIpc) is 1.79. The molecule has 0 aromatic heterocycles. The highest BCUT2D eigenvalue weighted by Crippen LogP contribution is 2.16. The summed E-state index contributed by atoms with van der Waals surface area (Å²) < 4.78 is 3.74. The lowest BCUT2D eigenvalue weighted by Gasteiger charge is -2.23. The Balaban J connectivity index is 2.51. The van der Waals surface area contributed by atoms with E-state index < -0.39 is 0 Å². The van der Waals surface area contributed by atoms with E-state index in [2.05, 4.69) is 11.3 Å². The zero-order valence-electron chi connectivity index (χ0n) is 4.79. The van der Waals surface area contributed by atoms with E-state index in [4.69, 9.17) is 5.26 Å². The van der Waals surface area contributed by atoms with Crippen LogP contribution in [0.25, 0.3) is 0 Å². The molecule has 0 aromatic carbocycles. The monoisotopic (exact) mass is 128 g/mol. The number of hydrogen-bond acceptors (Lipinski definition) is 2. The van der Waals surface area contributed by atoms with Gasteiger partial charge in [-0.3, -0.25) is 0 Å². The van der Waals surface area contributed by atoms with Gasteiger partial charge in [-0.05, 0) is 6.42 Å². The molecule has 3 heteroatoms. The van der Waals surface area contributed by atoms with E-state index >= 15 is 0 Å². The maximum absolute atomic E-state index is 8.11. The number of nitriles is 1. The highest BCUT2D eigenvalue weighted by atomic mass is 32.2. The molecule has 1 saturated heterocycles. The third-order valence-corrected chi connectivity index (χ3v) is 3.49. The van der Waals surface area contributed by atoms with Crippen LogP contribution in [0.4, 0.5) is 0 Å². The van der Waals surface area contributed by atoms with Crippen LogP contribution in [-0.4, -0.2) is 11.0 Å². The Labute approximate surface area is 51.6 Å². The lowest BCUT2D eigenvalue weighted by molar-refractivity contribution is 0.846. The van der Waals surface area contributed by atoms with E-state index in [-0.39, 0.29) is 10.7 Å². The van der Waals surface area contributed by atoms with Crippen molar-refractivity contribution >= 4 is 10.7 Å². The Kier molecular flexibility index (Phi) is 1.64. The summed E-state index contributed by atoms with van der Waals surface area (Å²) in [6, 6.07) is 0. The van der Waals surface area contributed by atoms with Crippen LogP contribution in [0.3, 0.4) is 0 Å². The van der Waals surface area contributed by atoms with Gasteiger partial charge < -0.3 is 0 Å². The van der Waals surface area contributed by atoms with Crippen LogP contribution in [0.5, 0.6) is 0 Å². The minimum absolute atomic E-state index is 0.123. The van der Waals surface area contributed by atoms with E-state index in [1.54, 1.807) is 0 Å². The summed E-state index contributed by atoms with van der Waals surface area (Å²) in [7, 11) is 0.123. The lowest BCUT2D eigenvalue weighted by atomic mass is 10.3. The molecule has 0 bridgehead atoms. The van der Waals surface area contributed by atoms with Crippen molar-refractivity contribution in [3.63, 3.8) is 0 Å². The summed E-state index contributed by atoms with van der Waals surface area (Å²) in [5.41, 5.74) is 0. The molecule has 0 saturated carbocycles. The fourth-order valence-electron chi connectivity index (χ4n) is 0.647. The molecule has 44 valence electrons. The van der Waals surface area contributed by atoms with Crippen LogP contribution in [-0.2, 0) is 10.7 Å². The highest BCUT2D eigenvalue weighted by molar-refractivity contribution is 7.89. The minimum atomic E-state index is 0.123. The average molecular weight is 128 g/mol. The molecule has 1 heterocycles. The molecule has 0 radical (unpaired) electrons. The van der Waals surface area contributed by atoms with Crippen LogP contribution in [0.15, 0.2) is 4.36 Å². The van der Waals surface area contributed by atoms with Crippen LogP contribution in [0, 0.1) is 11.5 Å². The van der Waals surface area contributed by atoms with E-state index in [9.17, 15) is 0 Å². The number of rotatable bonds is 0. The van der Waals surface area contributed by atoms with Crippen molar-refractivity contribution in [2.75, 3.05) is 5.75 Å². The fraction of sp³-hybridized carbons (Fsp3) is 0.800. The van der Waals surface area contributed by atoms with Crippen molar-refractivity contribution in [2.24, 2.45) is 4.36 Å². The molecule has 1 fully saturated rings. The molecule has 0 aromatic rings. The van der Waals surface area contributed by atoms with Gasteiger partial charge in [0.25, 0.3) is 0 Å². The van der Waals surface area contributed by atoms with Gasteiger partial charge in [0.1, 0.15) is 0 Å².